The summed E-state index contributed by atoms with van der Waals surface area (Å²) in [6.07, 6.45) is 0. The third-order valence-corrected chi connectivity index (χ3v) is 4.85. The van der Waals surface area contributed by atoms with Crippen molar-refractivity contribution < 1.29 is 12.9 Å². The topological polar surface area (TPSA) is 98.2 Å². The maximum Gasteiger partial charge on any atom is 0.241 e. The summed E-state index contributed by atoms with van der Waals surface area (Å²) in [5, 5.41) is 3.72. The molecule has 0 saturated heterocycles. The van der Waals surface area contributed by atoms with E-state index in [0.29, 0.717) is 23.6 Å². The van der Waals surface area contributed by atoms with Crippen LogP contribution in [0.4, 0.5) is 0 Å². The number of sulfonamides is 1. The molecule has 0 fully saturated rings. The Bertz CT molecular complexity index is 751. The molecule has 21 heavy (non-hydrogen) atoms. The maximum atomic E-state index is 12.4. The third-order valence-electron chi connectivity index (χ3n) is 3.32. The van der Waals surface area contributed by atoms with Gasteiger partial charge in [0.25, 0.3) is 0 Å². The highest BCUT2D eigenvalue weighted by Gasteiger charge is 2.19. The number of aryl methyl sites for hydroxylation is 2. The largest absolute Gasteiger partial charge is 0.360 e. The SMILES string of the molecule is Cc1cc(CNS(=O)(=O)c2cc(CN)cc(C)c2C)on1. The molecule has 1 aromatic carbocycles. The number of nitrogens with one attached hydrogen (secondary N) is 1. The molecule has 0 bridgehead atoms. The Hall–Kier alpha value is -1.70. The smallest absolute Gasteiger partial charge is 0.241 e. The molecule has 1 heterocycles. The summed E-state index contributed by atoms with van der Waals surface area (Å²) in [5.74, 6) is 0.473. The molecular formula is C14H19N3O3S. The Labute approximate surface area is 124 Å². The zero-order chi connectivity index (χ0) is 15.6. The van der Waals surface area contributed by atoms with E-state index in [2.05, 4.69) is 9.88 Å². The third kappa shape index (κ3) is 3.49. The summed E-state index contributed by atoms with van der Waals surface area (Å²) in [5.41, 5.74) is 8.72. The zero-order valence-corrected chi connectivity index (χ0v) is 13.1. The van der Waals surface area contributed by atoms with Gasteiger partial charge in [0.15, 0.2) is 5.76 Å². The van der Waals surface area contributed by atoms with E-state index in [4.69, 9.17) is 10.3 Å². The summed E-state index contributed by atoms with van der Waals surface area (Å²) in [4.78, 5) is 0.249. The van der Waals surface area contributed by atoms with Crippen LogP contribution in [0.2, 0.25) is 0 Å². The number of nitrogens with zero attached hydrogens (tertiary/aromatic N) is 1. The van der Waals surface area contributed by atoms with Gasteiger partial charge in [-0.15, -0.1) is 0 Å². The summed E-state index contributed by atoms with van der Waals surface area (Å²) in [6, 6.07) is 5.20. The fourth-order valence-electron chi connectivity index (χ4n) is 2.04. The van der Waals surface area contributed by atoms with Crippen molar-refractivity contribution in [2.45, 2.75) is 38.8 Å². The standard InChI is InChI=1S/C14H19N3O3S/c1-9-4-12(7-15)6-14(11(9)3)21(18,19)16-8-13-5-10(2)17-20-13/h4-6,16H,7-8,15H2,1-3H3. The number of hydrogen-bond acceptors (Lipinski definition) is 5. The molecule has 3 N–H and O–H groups in total. The lowest BCUT2D eigenvalue weighted by Crippen LogP contribution is -2.24. The van der Waals surface area contributed by atoms with Crippen LogP contribution in [0, 0.1) is 20.8 Å². The van der Waals surface area contributed by atoms with Gasteiger partial charge in [-0.1, -0.05) is 11.2 Å². The van der Waals surface area contributed by atoms with Crippen molar-refractivity contribution in [1.29, 1.82) is 0 Å². The van der Waals surface area contributed by atoms with Gasteiger partial charge in [-0.2, -0.15) is 0 Å². The summed E-state index contributed by atoms with van der Waals surface area (Å²) in [6.45, 7) is 5.79. The highest BCUT2D eigenvalue weighted by Crippen LogP contribution is 2.21. The summed E-state index contributed by atoms with van der Waals surface area (Å²) >= 11 is 0. The van der Waals surface area contributed by atoms with Crippen molar-refractivity contribution in [1.82, 2.24) is 9.88 Å². The van der Waals surface area contributed by atoms with E-state index in [1.807, 2.05) is 13.0 Å². The minimum Gasteiger partial charge on any atom is -0.360 e. The first-order valence-electron chi connectivity index (χ1n) is 6.55. The number of nitrogens with two attached hydrogens (primary N) is 1. The minimum absolute atomic E-state index is 0.0640. The van der Waals surface area contributed by atoms with Crippen molar-refractivity contribution in [2.75, 3.05) is 0 Å². The predicted octanol–water partition coefficient (Wildman–Crippen LogP) is 1.54. The Morgan fingerprint density at radius 1 is 1.24 bits per heavy atom. The molecule has 114 valence electrons. The molecule has 0 unspecified atom stereocenters. The maximum absolute atomic E-state index is 12.4. The molecule has 6 nitrogen and oxygen atoms in total. The predicted molar refractivity (Wildman–Crippen MR) is 79.1 cm³/mol. The van der Waals surface area contributed by atoms with Crippen molar-refractivity contribution in [3.63, 3.8) is 0 Å². The molecule has 7 heteroatoms. The van der Waals surface area contributed by atoms with Gasteiger partial charge in [-0.05, 0) is 43.5 Å². The van der Waals surface area contributed by atoms with E-state index in [1.165, 1.54) is 0 Å². The molecule has 0 spiro atoms. The Morgan fingerprint density at radius 3 is 2.52 bits per heavy atom. The second kappa shape index (κ2) is 5.97. The van der Waals surface area contributed by atoms with Crippen molar-refractivity contribution in [3.05, 3.63) is 46.3 Å². The van der Waals surface area contributed by atoms with Crippen LogP contribution in [0.3, 0.4) is 0 Å². The highest BCUT2D eigenvalue weighted by atomic mass is 32.2. The van der Waals surface area contributed by atoms with E-state index >= 15 is 0 Å². The summed E-state index contributed by atoms with van der Waals surface area (Å²) in [7, 11) is -3.63. The molecule has 0 radical (unpaired) electrons. The van der Waals surface area contributed by atoms with E-state index in [1.54, 1.807) is 26.0 Å². The molecule has 0 aliphatic heterocycles. The van der Waals surface area contributed by atoms with E-state index in [-0.39, 0.29) is 11.4 Å². The minimum atomic E-state index is -3.63. The van der Waals surface area contributed by atoms with Gasteiger partial charge in [-0.25, -0.2) is 13.1 Å². The summed E-state index contributed by atoms with van der Waals surface area (Å²) < 4.78 is 32.4. The Kier molecular flexibility index (Phi) is 4.46. The lowest BCUT2D eigenvalue weighted by atomic mass is 10.1. The molecule has 0 atom stereocenters. The normalized spacial score (nSPS) is 11.8. The number of hydrogen-bond donors (Lipinski definition) is 2. The van der Waals surface area contributed by atoms with Crippen LogP contribution in [0.15, 0.2) is 27.6 Å². The first-order valence-corrected chi connectivity index (χ1v) is 8.04. The van der Waals surface area contributed by atoms with E-state index in [0.717, 1.165) is 11.1 Å². The number of rotatable bonds is 5. The van der Waals surface area contributed by atoms with Gasteiger partial charge in [0, 0.05) is 12.6 Å². The van der Waals surface area contributed by atoms with E-state index < -0.39 is 10.0 Å². The van der Waals surface area contributed by atoms with Gasteiger partial charge >= 0.3 is 0 Å². The lowest BCUT2D eigenvalue weighted by Gasteiger charge is -2.12. The number of benzene rings is 1. The number of aromatic nitrogens is 1. The molecule has 2 aromatic rings. The average molecular weight is 309 g/mol. The van der Waals surface area contributed by atoms with E-state index in [9.17, 15) is 8.42 Å². The zero-order valence-electron chi connectivity index (χ0n) is 12.3. The lowest BCUT2D eigenvalue weighted by molar-refractivity contribution is 0.377. The van der Waals surface area contributed by atoms with Gasteiger partial charge in [0.1, 0.15) is 0 Å². The monoisotopic (exact) mass is 309 g/mol. The van der Waals surface area contributed by atoms with Crippen LogP contribution >= 0.6 is 0 Å². The Morgan fingerprint density at radius 2 is 1.95 bits per heavy atom. The molecule has 2 rings (SSSR count). The second-order valence-electron chi connectivity index (χ2n) is 5.00. The van der Waals surface area contributed by atoms with Gasteiger partial charge in [0.05, 0.1) is 17.1 Å². The first-order chi connectivity index (χ1) is 9.83. The van der Waals surface area contributed by atoms with Crippen LogP contribution in [-0.4, -0.2) is 13.6 Å². The van der Waals surface area contributed by atoms with Crippen LogP contribution < -0.4 is 10.5 Å². The molecule has 0 aliphatic carbocycles. The Balaban J connectivity index is 2.29. The van der Waals surface area contributed by atoms with Gasteiger partial charge in [0.2, 0.25) is 10.0 Å². The van der Waals surface area contributed by atoms with Crippen LogP contribution in [0.5, 0.6) is 0 Å². The van der Waals surface area contributed by atoms with Crippen LogP contribution in [-0.2, 0) is 23.1 Å². The van der Waals surface area contributed by atoms with Crippen molar-refractivity contribution in [2.24, 2.45) is 5.73 Å². The van der Waals surface area contributed by atoms with Gasteiger partial charge in [-0.3, -0.25) is 0 Å². The first kappa shape index (κ1) is 15.7. The van der Waals surface area contributed by atoms with Crippen molar-refractivity contribution >= 4 is 10.0 Å². The molecular weight excluding hydrogens is 290 g/mol. The van der Waals surface area contributed by atoms with Crippen LogP contribution in [0.1, 0.15) is 28.1 Å². The quantitative estimate of drug-likeness (QED) is 0.873. The molecule has 0 saturated carbocycles. The second-order valence-corrected chi connectivity index (χ2v) is 6.73. The molecule has 0 amide bonds. The average Bonchev–Trinajstić information content (AvgIpc) is 2.85. The molecule has 0 aliphatic rings. The fourth-order valence-corrected chi connectivity index (χ4v) is 3.40. The fraction of sp³-hybridized carbons (Fsp3) is 0.357. The van der Waals surface area contributed by atoms with Crippen molar-refractivity contribution in [3.8, 4) is 0 Å². The van der Waals surface area contributed by atoms with Crippen LogP contribution in [0.25, 0.3) is 0 Å². The highest BCUT2D eigenvalue weighted by molar-refractivity contribution is 7.89. The molecule has 1 aromatic heterocycles. The van der Waals surface area contributed by atoms with Gasteiger partial charge < -0.3 is 10.3 Å².